The molecule has 1 aromatic rings. The zero-order chi connectivity index (χ0) is 14.5. The zero-order valence-corrected chi connectivity index (χ0v) is 12.1. The van der Waals surface area contributed by atoms with Crippen LogP contribution in [-0.4, -0.2) is 37.5 Å². The molecule has 5 heteroatoms. The first-order valence-electron chi connectivity index (χ1n) is 7.18. The summed E-state index contributed by atoms with van der Waals surface area (Å²) in [6, 6.07) is 5.23. The smallest absolute Gasteiger partial charge is 0.250 e. The third kappa shape index (κ3) is 3.87. The molecule has 2 rings (SSSR count). The van der Waals surface area contributed by atoms with Crippen LogP contribution in [0.4, 0.5) is 11.4 Å². The maximum absolute atomic E-state index is 11.4. The normalized spacial score (nSPS) is 17.1. The quantitative estimate of drug-likeness (QED) is 0.712. The van der Waals surface area contributed by atoms with E-state index in [2.05, 4.69) is 17.3 Å². The van der Waals surface area contributed by atoms with Crippen molar-refractivity contribution in [2.45, 2.75) is 19.3 Å². The summed E-state index contributed by atoms with van der Waals surface area (Å²) in [4.78, 5) is 13.8. The Balaban J connectivity index is 1.86. The summed E-state index contributed by atoms with van der Waals surface area (Å²) in [7, 11) is 2.17. The molecule has 1 aromatic carbocycles. The number of nitrogen functional groups attached to an aromatic ring is 1. The summed E-state index contributed by atoms with van der Waals surface area (Å²) >= 11 is 0. The summed E-state index contributed by atoms with van der Waals surface area (Å²) in [5, 5.41) is 3.31. The van der Waals surface area contributed by atoms with E-state index < -0.39 is 5.91 Å². The van der Waals surface area contributed by atoms with Crippen LogP contribution in [0.15, 0.2) is 18.2 Å². The van der Waals surface area contributed by atoms with E-state index >= 15 is 0 Å². The minimum Gasteiger partial charge on any atom is -0.399 e. The molecular formula is C15H24N4O. The Labute approximate surface area is 120 Å². The van der Waals surface area contributed by atoms with E-state index in [1.54, 1.807) is 12.1 Å². The number of anilines is 2. The van der Waals surface area contributed by atoms with Gasteiger partial charge in [0.2, 0.25) is 0 Å². The lowest BCUT2D eigenvalue weighted by Gasteiger charge is -2.29. The van der Waals surface area contributed by atoms with Crippen LogP contribution in [0.5, 0.6) is 0 Å². The van der Waals surface area contributed by atoms with Crippen molar-refractivity contribution in [3.8, 4) is 0 Å². The fraction of sp³-hybridized carbons (Fsp3) is 0.533. The SMILES string of the molecule is CN1CCC(CCNc2ccc(N)cc2C(N)=O)CC1. The van der Waals surface area contributed by atoms with Gasteiger partial charge < -0.3 is 21.7 Å². The second kappa shape index (κ2) is 6.61. The van der Waals surface area contributed by atoms with Gasteiger partial charge in [-0.15, -0.1) is 0 Å². The van der Waals surface area contributed by atoms with Gasteiger partial charge in [0, 0.05) is 17.9 Å². The van der Waals surface area contributed by atoms with Crippen molar-refractivity contribution in [3.05, 3.63) is 23.8 Å². The summed E-state index contributed by atoms with van der Waals surface area (Å²) in [6.07, 6.45) is 3.63. The number of rotatable bonds is 5. The van der Waals surface area contributed by atoms with Gasteiger partial charge >= 0.3 is 0 Å². The predicted octanol–water partition coefficient (Wildman–Crippen LogP) is 1.51. The molecule has 1 amide bonds. The van der Waals surface area contributed by atoms with Gasteiger partial charge in [0.05, 0.1) is 5.56 Å². The zero-order valence-electron chi connectivity index (χ0n) is 12.1. The number of primary amides is 1. The van der Waals surface area contributed by atoms with Crippen LogP contribution < -0.4 is 16.8 Å². The number of benzene rings is 1. The van der Waals surface area contributed by atoms with Gasteiger partial charge in [0.25, 0.3) is 5.91 Å². The van der Waals surface area contributed by atoms with Gasteiger partial charge in [-0.05, 0) is 63.5 Å². The third-order valence-corrected chi connectivity index (χ3v) is 4.02. The summed E-state index contributed by atoms with van der Waals surface area (Å²) in [5.74, 6) is 0.323. The highest BCUT2D eigenvalue weighted by atomic mass is 16.1. The number of amides is 1. The molecule has 1 heterocycles. The summed E-state index contributed by atoms with van der Waals surface area (Å²) in [6.45, 7) is 3.22. The summed E-state index contributed by atoms with van der Waals surface area (Å²) in [5.41, 5.74) is 12.9. The van der Waals surface area contributed by atoms with Crippen LogP contribution in [0.2, 0.25) is 0 Å². The van der Waals surface area contributed by atoms with Crippen molar-refractivity contribution in [2.75, 3.05) is 37.7 Å². The van der Waals surface area contributed by atoms with E-state index in [0.717, 1.165) is 24.6 Å². The molecule has 0 spiro atoms. The molecule has 1 saturated heterocycles. The average Bonchev–Trinajstić information content (AvgIpc) is 2.42. The highest BCUT2D eigenvalue weighted by Crippen LogP contribution is 2.21. The van der Waals surface area contributed by atoms with Crippen molar-refractivity contribution in [3.63, 3.8) is 0 Å². The molecule has 20 heavy (non-hydrogen) atoms. The average molecular weight is 276 g/mol. The van der Waals surface area contributed by atoms with Gasteiger partial charge in [-0.25, -0.2) is 0 Å². The van der Waals surface area contributed by atoms with E-state index in [9.17, 15) is 4.79 Å². The fourth-order valence-electron chi connectivity index (χ4n) is 2.68. The van der Waals surface area contributed by atoms with Crippen molar-refractivity contribution in [2.24, 2.45) is 11.7 Å². The highest BCUT2D eigenvalue weighted by Gasteiger charge is 2.16. The topological polar surface area (TPSA) is 84.4 Å². The highest BCUT2D eigenvalue weighted by molar-refractivity contribution is 5.99. The molecule has 0 radical (unpaired) electrons. The number of hydrogen-bond acceptors (Lipinski definition) is 4. The Morgan fingerprint density at radius 1 is 1.40 bits per heavy atom. The number of nitrogens with zero attached hydrogens (tertiary/aromatic N) is 1. The Bertz CT molecular complexity index is 467. The van der Waals surface area contributed by atoms with Crippen LogP contribution in [0, 0.1) is 5.92 Å². The number of carbonyl (C=O) groups excluding carboxylic acids is 1. The molecule has 0 aromatic heterocycles. The Kier molecular flexibility index (Phi) is 4.84. The van der Waals surface area contributed by atoms with Crippen LogP contribution in [-0.2, 0) is 0 Å². The number of piperidine rings is 1. The van der Waals surface area contributed by atoms with Gasteiger partial charge in [0.15, 0.2) is 0 Å². The van der Waals surface area contributed by atoms with Crippen molar-refractivity contribution in [1.29, 1.82) is 0 Å². The molecule has 1 fully saturated rings. The van der Waals surface area contributed by atoms with Gasteiger partial charge in [0.1, 0.15) is 0 Å². The van der Waals surface area contributed by atoms with E-state index in [1.165, 1.54) is 25.9 Å². The minimum atomic E-state index is -0.445. The summed E-state index contributed by atoms with van der Waals surface area (Å²) < 4.78 is 0. The van der Waals surface area contributed by atoms with Crippen molar-refractivity contribution < 1.29 is 4.79 Å². The maximum Gasteiger partial charge on any atom is 0.250 e. The molecule has 0 aliphatic carbocycles. The molecule has 1 aliphatic rings. The number of likely N-dealkylation sites (tertiary alicyclic amines) is 1. The first-order valence-corrected chi connectivity index (χ1v) is 7.18. The molecule has 5 N–H and O–H groups in total. The molecule has 110 valence electrons. The molecule has 0 bridgehead atoms. The van der Waals surface area contributed by atoms with E-state index in [-0.39, 0.29) is 0 Å². The van der Waals surface area contributed by atoms with E-state index in [0.29, 0.717) is 11.3 Å². The lowest BCUT2D eigenvalue weighted by Crippen LogP contribution is -2.31. The predicted molar refractivity (Wildman–Crippen MR) is 82.7 cm³/mol. The lowest BCUT2D eigenvalue weighted by atomic mass is 9.94. The molecule has 0 atom stereocenters. The van der Waals surface area contributed by atoms with Gasteiger partial charge in [-0.1, -0.05) is 0 Å². The van der Waals surface area contributed by atoms with E-state index in [4.69, 9.17) is 11.5 Å². The second-order valence-electron chi connectivity index (χ2n) is 5.63. The van der Waals surface area contributed by atoms with Crippen molar-refractivity contribution >= 4 is 17.3 Å². The Morgan fingerprint density at radius 2 is 2.10 bits per heavy atom. The second-order valence-corrected chi connectivity index (χ2v) is 5.63. The Hall–Kier alpha value is -1.75. The van der Waals surface area contributed by atoms with Crippen LogP contribution in [0.25, 0.3) is 0 Å². The first kappa shape index (κ1) is 14.7. The fourth-order valence-corrected chi connectivity index (χ4v) is 2.68. The largest absolute Gasteiger partial charge is 0.399 e. The van der Waals surface area contributed by atoms with Crippen LogP contribution in [0.3, 0.4) is 0 Å². The third-order valence-electron chi connectivity index (χ3n) is 4.02. The van der Waals surface area contributed by atoms with Crippen LogP contribution >= 0.6 is 0 Å². The maximum atomic E-state index is 11.4. The molecule has 1 aliphatic heterocycles. The number of nitrogens with two attached hydrogens (primary N) is 2. The standard InChI is InChI=1S/C15H24N4O/c1-19-8-5-11(6-9-19)4-7-18-14-3-2-12(16)10-13(14)15(17)20/h2-3,10-11,18H,4-9,16H2,1H3,(H2,17,20). The Morgan fingerprint density at radius 3 is 2.75 bits per heavy atom. The van der Waals surface area contributed by atoms with Crippen LogP contribution in [0.1, 0.15) is 29.6 Å². The molecule has 0 saturated carbocycles. The lowest BCUT2D eigenvalue weighted by molar-refractivity contribution is 0.100. The number of hydrogen-bond donors (Lipinski definition) is 3. The number of carbonyl (C=O) groups is 1. The number of nitrogens with one attached hydrogen (secondary N) is 1. The van der Waals surface area contributed by atoms with Gasteiger partial charge in [-0.3, -0.25) is 4.79 Å². The first-order chi connectivity index (χ1) is 9.56. The molecular weight excluding hydrogens is 252 g/mol. The molecule has 0 unspecified atom stereocenters. The van der Waals surface area contributed by atoms with E-state index in [1.807, 2.05) is 6.07 Å². The molecule has 5 nitrogen and oxygen atoms in total. The van der Waals surface area contributed by atoms with Gasteiger partial charge in [-0.2, -0.15) is 0 Å². The monoisotopic (exact) mass is 276 g/mol. The van der Waals surface area contributed by atoms with Crippen molar-refractivity contribution in [1.82, 2.24) is 4.90 Å². The minimum absolute atomic E-state index is 0.445.